The Morgan fingerprint density at radius 2 is 2.00 bits per heavy atom. The second-order valence-electron chi connectivity index (χ2n) is 4.60. The number of ether oxygens (including phenoxy) is 2. The van der Waals surface area contributed by atoms with Gasteiger partial charge in [-0.2, -0.15) is 5.26 Å². The average Bonchev–Trinajstić information content (AvgIpc) is 2.53. The zero-order valence-electron chi connectivity index (χ0n) is 12.2. The van der Waals surface area contributed by atoms with Gasteiger partial charge in [0.2, 0.25) is 5.75 Å². The lowest BCUT2D eigenvalue weighted by molar-refractivity contribution is -0.385. The van der Waals surface area contributed by atoms with Crippen LogP contribution in [-0.4, -0.2) is 17.5 Å². The summed E-state index contributed by atoms with van der Waals surface area (Å²) in [6.45, 7) is 1.25. The third-order valence-corrected chi connectivity index (χ3v) is 2.89. The van der Waals surface area contributed by atoms with Gasteiger partial charge in [-0.05, 0) is 30.7 Å². The molecule has 0 aliphatic rings. The van der Waals surface area contributed by atoms with Crippen LogP contribution in [0.4, 0.5) is 5.69 Å². The van der Waals surface area contributed by atoms with E-state index in [-0.39, 0.29) is 22.7 Å². The molecule has 0 saturated heterocycles. The number of carbonyl (C=O) groups excluding carboxylic acids is 1. The van der Waals surface area contributed by atoms with E-state index in [0.717, 1.165) is 0 Å². The number of rotatable bonds is 5. The van der Waals surface area contributed by atoms with Gasteiger partial charge in [-0.3, -0.25) is 10.1 Å². The van der Waals surface area contributed by atoms with Crippen LogP contribution >= 0.6 is 0 Å². The Kier molecular flexibility index (Phi) is 4.89. The molecule has 0 aliphatic heterocycles. The first-order chi connectivity index (χ1) is 11.0. The molecule has 0 amide bonds. The summed E-state index contributed by atoms with van der Waals surface area (Å²) in [5.74, 6) is -0.700. The summed E-state index contributed by atoms with van der Waals surface area (Å²) in [6.07, 6.45) is 0. The first kappa shape index (κ1) is 16.0. The minimum absolute atomic E-state index is 0.142. The Balaban J connectivity index is 2.07. The lowest BCUT2D eigenvalue weighted by atomic mass is 10.2. The second-order valence-corrected chi connectivity index (χ2v) is 4.60. The average molecular weight is 312 g/mol. The number of benzene rings is 2. The van der Waals surface area contributed by atoms with E-state index < -0.39 is 17.5 Å². The first-order valence-corrected chi connectivity index (χ1v) is 6.59. The smallest absolute Gasteiger partial charge is 0.349 e. The SMILES string of the molecule is Cc1ccc([N+](=O)[O-])c(OC(=O)COc2ccccc2C#N)c1. The predicted octanol–water partition coefficient (Wildman–Crippen LogP) is 2.76. The summed E-state index contributed by atoms with van der Waals surface area (Å²) in [6, 6.07) is 12.6. The molecule has 0 aromatic heterocycles. The van der Waals surface area contributed by atoms with E-state index in [1.165, 1.54) is 12.1 Å². The van der Waals surface area contributed by atoms with E-state index >= 15 is 0 Å². The number of carbonyl (C=O) groups is 1. The van der Waals surface area contributed by atoms with Gasteiger partial charge in [0.05, 0.1) is 10.5 Å². The highest BCUT2D eigenvalue weighted by Gasteiger charge is 2.18. The lowest BCUT2D eigenvalue weighted by Gasteiger charge is -2.08. The van der Waals surface area contributed by atoms with Crippen LogP contribution in [0.15, 0.2) is 42.5 Å². The highest BCUT2D eigenvalue weighted by molar-refractivity contribution is 5.75. The van der Waals surface area contributed by atoms with E-state index in [9.17, 15) is 14.9 Å². The highest BCUT2D eigenvalue weighted by atomic mass is 16.6. The standard InChI is InChI=1S/C16H12N2O5/c1-11-6-7-13(18(20)21)15(8-11)23-16(19)10-22-14-5-3-2-4-12(14)9-17/h2-8H,10H2,1H3. The molecule has 2 aromatic carbocycles. The third-order valence-electron chi connectivity index (χ3n) is 2.89. The Bertz CT molecular complexity index is 795. The molecule has 0 N–H and O–H groups in total. The molecule has 0 bridgehead atoms. The summed E-state index contributed by atoms with van der Waals surface area (Å²) in [7, 11) is 0. The van der Waals surface area contributed by atoms with Crippen molar-refractivity contribution in [2.75, 3.05) is 6.61 Å². The number of nitro groups is 1. The van der Waals surface area contributed by atoms with Gasteiger partial charge in [-0.1, -0.05) is 18.2 Å². The zero-order chi connectivity index (χ0) is 16.8. The summed E-state index contributed by atoms with van der Waals surface area (Å²) in [4.78, 5) is 22.1. The van der Waals surface area contributed by atoms with Crippen molar-refractivity contribution >= 4 is 11.7 Å². The van der Waals surface area contributed by atoms with E-state index in [0.29, 0.717) is 5.56 Å². The Hall–Kier alpha value is -3.40. The molecular weight excluding hydrogens is 300 g/mol. The fraction of sp³-hybridized carbons (Fsp3) is 0.125. The molecule has 7 nitrogen and oxygen atoms in total. The van der Waals surface area contributed by atoms with Crippen LogP contribution in [0.5, 0.6) is 11.5 Å². The minimum Gasteiger partial charge on any atom is -0.481 e. The van der Waals surface area contributed by atoms with Crippen LogP contribution in [0.2, 0.25) is 0 Å². The van der Waals surface area contributed by atoms with E-state index in [1.54, 1.807) is 37.3 Å². The van der Waals surface area contributed by atoms with Gasteiger partial charge >= 0.3 is 11.7 Å². The monoisotopic (exact) mass is 312 g/mol. The maximum absolute atomic E-state index is 11.8. The van der Waals surface area contributed by atoms with E-state index in [4.69, 9.17) is 14.7 Å². The molecule has 2 aromatic rings. The fourth-order valence-corrected chi connectivity index (χ4v) is 1.83. The van der Waals surface area contributed by atoms with Crippen LogP contribution < -0.4 is 9.47 Å². The zero-order valence-corrected chi connectivity index (χ0v) is 12.2. The summed E-state index contributed by atoms with van der Waals surface area (Å²) < 4.78 is 10.2. The van der Waals surface area contributed by atoms with Crippen LogP contribution in [-0.2, 0) is 4.79 Å². The second kappa shape index (κ2) is 7.04. The van der Waals surface area contributed by atoms with Crippen molar-refractivity contribution in [1.29, 1.82) is 5.26 Å². The molecular formula is C16H12N2O5. The van der Waals surface area contributed by atoms with Crippen LogP contribution in [0.1, 0.15) is 11.1 Å². The van der Waals surface area contributed by atoms with Crippen molar-refractivity contribution in [2.24, 2.45) is 0 Å². The number of aryl methyl sites for hydroxylation is 1. The van der Waals surface area contributed by atoms with E-state index in [2.05, 4.69) is 0 Å². The van der Waals surface area contributed by atoms with Crippen LogP contribution in [0.3, 0.4) is 0 Å². The minimum atomic E-state index is -0.800. The Morgan fingerprint density at radius 3 is 2.70 bits per heavy atom. The quantitative estimate of drug-likeness (QED) is 0.364. The summed E-state index contributed by atoms with van der Waals surface area (Å²) in [5, 5.41) is 19.9. The molecule has 0 saturated carbocycles. The van der Waals surface area contributed by atoms with Gasteiger partial charge in [0.1, 0.15) is 11.8 Å². The molecule has 0 unspecified atom stereocenters. The van der Waals surface area contributed by atoms with Gasteiger partial charge < -0.3 is 9.47 Å². The number of hydrogen-bond acceptors (Lipinski definition) is 6. The van der Waals surface area contributed by atoms with Crippen LogP contribution in [0.25, 0.3) is 0 Å². The van der Waals surface area contributed by atoms with Gasteiger partial charge in [-0.15, -0.1) is 0 Å². The summed E-state index contributed by atoms with van der Waals surface area (Å²) in [5.41, 5.74) is 0.692. The maximum atomic E-state index is 11.8. The number of nitrogens with zero attached hydrogens (tertiary/aromatic N) is 2. The molecule has 0 fully saturated rings. The Labute approximate surface area is 131 Å². The van der Waals surface area contributed by atoms with Crippen molar-refractivity contribution in [3.8, 4) is 17.6 Å². The molecule has 0 aliphatic carbocycles. The van der Waals surface area contributed by atoms with Crippen molar-refractivity contribution in [3.63, 3.8) is 0 Å². The Morgan fingerprint density at radius 1 is 1.26 bits per heavy atom. The lowest BCUT2D eigenvalue weighted by Crippen LogP contribution is -2.18. The maximum Gasteiger partial charge on any atom is 0.349 e. The number of hydrogen-bond donors (Lipinski definition) is 0. The molecule has 7 heteroatoms. The highest BCUT2D eigenvalue weighted by Crippen LogP contribution is 2.28. The first-order valence-electron chi connectivity index (χ1n) is 6.59. The normalized spacial score (nSPS) is 9.74. The molecule has 0 atom stereocenters. The van der Waals surface area contributed by atoms with Crippen LogP contribution in [0, 0.1) is 28.4 Å². The molecule has 0 spiro atoms. The molecule has 0 radical (unpaired) electrons. The molecule has 116 valence electrons. The van der Waals surface area contributed by atoms with Gasteiger partial charge in [0.15, 0.2) is 6.61 Å². The predicted molar refractivity (Wildman–Crippen MR) is 80.1 cm³/mol. The van der Waals surface area contributed by atoms with Gasteiger partial charge in [0.25, 0.3) is 0 Å². The van der Waals surface area contributed by atoms with Crippen molar-refractivity contribution in [2.45, 2.75) is 6.92 Å². The fourth-order valence-electron chi connectivity index (χ4n) is 1.83. The number of nitriles is 1. The topological polar surface area (TPSA) is 102 Å². The number of para-hydroxylation sites is 1. The van der Waals surface area contributed by atoms with Gasteiger partial charge in [0, 0.05) is 6.07 Å². The number of nitro benzene ring substituents is 1. The third kappa shape index (κ3) is 4.04. The van der Waals surface area contributed by atoms with E-state index in [1.807, 2.05) is 6.07 Å². The van der Waals surface area contributed by atoms with Crippen molar-refractivity contribution in [1.82, 2.24) is 0 Å². The van der Waals surface area contributed by atoms with Gasteiger partial charge in [-0.25, -0.2) is 4.79 Å². The molecule has 2 rings (SSSR count). The summed E-state index contributed by atoms with van der Waals surface area (Å²) >= 11 is 0. The number of esters is 1. The molecule has 0 heterocycles. The van der Waals surface area contributed by atoms with Crippen molar-refractivity contribution < 1.29 is 19.2 Å². The van der Waals surface area contributed by atoms with Crippen molar-refractivity contribution in [3.05, 3.63) is 63.7 Å². The largest absolute Gasteiger partial charge is 0.481 e. The molecule has 23 heavy (non-hydrogen) atoms.